The molecule has 2 heteroatoms. The van der Waals surface area contributed by atoms with Crippen molar-refractivity contribution in [3.63, 3.8) is 0 Å². The molecule has 0 radical (unpaired) electrons. The molecule has 0 rings (SSSR count). The normalized spacial score (nSPS) is 9.45. The van der Waals surface area contributed by atoms with Gasteiger partial charge in [-0.25, -0.2) is 0 Å². The molecule has 2 nitrogen and oxygen atoms in total. The predicted octanol–water partition coefficient (Wildman–Crippen LogP) is 1.75. The standard InChI is InChI=1S/C9H20N2/c1-6-8-11(5)9(3)10(4)7-2/h3,6-8H2,1-2,4-5H3. The van der Waals surface area contributed by atoms with Gasteiger partial charge in [0.1, 0.15) is 0 Å². The summed E-state index contributed by atoms with van der Waals surface area (Å²) in [5.74, 6) is 1.11. The minimum atomic E-state index is 1.02. The van der Waals surface area contributed by atoms with Crippen LogP contribution in [0.15, 0.2) is 12.4 Å². The SMILES string of the molecule is C=C(N(C)CC)N(C)CCC. The fraction of sp³-hybridized carbons (Fsp3) is 0.778. The van der Waals surface area contributed by atoms with Crippen molar-refractivity contribution in [1.29, 1.82) is 0 Å². The molecule has 0 aromatic heterocycles. The first kappa shape index (κ1) is 10.3. The second-order valence-electron chi connectivity index (χ2n) is 2.85. The summed E-state index contributed by atoms with van der Waals surface area (Å²) in [5.41, 5.74) is 0. The first-order chi connectivity index (χ1) is 5.13. The van der Waals surface area contributed by atoms with E-state index < -0.39 is 0 Å². The van der Waals surface area contributed by atoms with Gasteiger partial charge in [0, 0.05) is 27.2 Å². The van der Waals surface area contributed by atoms with E-state index in [0.29, 0.717) is 0 Å². The predicted molar refractivity (Wildman–Crippen MR) is 50.4 cm³/mol. The van der Waals surface area contributed by atoms with E-state index >= 15 is 0 Å². The Kier molecular flexibility index (Phi) is 4.75. The molecule has 0 aliphatic rings. The molecule has 0 fully saturated rings. The van der Waals surface area contributed by atoms with Crippen LogP contribution in [0.2, 0.25) is 0 Å². The quantitative estimate of drug-likeness (QED) is 0.598. The summed E-state index contributed by atoms with van der Waals surface area (Å²) < 4.78 is 0. The average Bonchev–Trinajstić information content (AvgIpc) is 2.02. The third-order valence-electron chi connectivity index (χ3n) is 1.91. The Hall–Kier alpha value is -0.660. The van der Waals surface area contributed by atoms with E-state index in [4.69, 9.17) is 0 Å². The number of rotatable bonds is 5. The van der Waals surface area contributed by atoms with Gasteiger partial charge in [-0.3, -0.25) is 0 Å². The van der Waals surface area contributed by atoms with Crippen molar-refractivity contribution >= 4 is 0 Å². The molecule has 0 unspecified atom stereocenters. The van der Waals surface area contributed by atoms with Crippen molar-refractivity contribution in [2.24, 2.45) is 0 Å². The average molecular weight is 156 g/mol. The van der Waals surface area contributed by atoms with Crippen molar-refractivity contribution in [2.45, 2.75) is 20.3 Å². The summed E-state index contributed by atoms with van der Waals surface area (Å²) >= 11 is 0. The second kappa shape index (κ2) is 5.05. The van der Waals surface area contributed by atoms with E-state index in [1.54, 1.807) is 0 Å². The van der Waals surface area contributed by atoms with E-state index in [1.165, 1.54) is 6.42 Å². The largest absolute Gasteiger partial charge is 0.362 e. The molecule has 0 aromatic carbocycles. The van der Waals surface area contributed by atoms with Gasteiger partial charge in [0.2, 0.25) is 0 Å². The fourth-order valence-electron chi connectivity index (χ4n) is 0.938. The third kappa shape index (κ3) is 3.30. The molecule has 0 spiro atoms. The van der Waals surface area contributed by atoms with E-state index in [9.17, 15) is 0 Å². The van der Waals surface area contributed by atoms with E-state index in [0.717, 1.165) is 18.9 Å². The zero-order valence-corrected chi connectivity index (χ0v) is 8.22. The molecule has 0 aromatic rings. The van der Waals surface area contributed by atoms with Crippen LogP contribution in [0.25, 0.3) is 0 Å². The summed E-state index contributed by atoms with van der Waals surface area (Å²) in [6.45, 7) is 10.4. The number of hydrogen-bond acceptors (Lipinski definition) is 2. The van der Waals surface area contributed by atoms with Crippen LogP contribution in [0.5, 0.6) is 0 Å². The lowest BCUT2D eigenvalue weighted by Crippen LogP contribution is -2.30. The molecule has 0 saturated heterocycles. The molecular formula is C9H20N2. The van der Waals surface area contributed by atoms with Gasteiger partial charge in [0.25, 0.3) is 0 Å². The maximum absolute atomic E-state index is 4.00. The number of hydrogen-bond donors (Lipinski definition) is 0. The Morgan fingerprint density at radius 2 is 1.73 bits per heavy atom. The van der Waals surface area contributed by atoms with Gasteiger partial charge in [-0.2, -0.15) is 0 Å². The molecule has 0 heterocycles. The molecule has 0 bridgehead atoms. The van der Waals surface area contributed by atoms with Crippen LogP contribution in [0.1, 0.15) is 20.3 Å². The zero-order valence-electron chi connectivity index (χ0n) is 8.22. The molecule has 11 heavy (non-hydrogen) atoms. The maximum atomic E-state index is 4.00. The number of nitrogens with zero attached hydrogens (tertiary/aromatic N) is 2. The van der Waals surface area contributed by atoms with Crippen molar-refractivity contribution in [3.05, 3.63) is 12.4 Å². The topological polar surface area (TPSA) is 6.48 Å². The van der Waals surface area contributed by atoms with E-state index in [-0.39, 0.29) is 0 Å². The molecule has 0 atom stereocenters. The fourth-order valence-corrected chi connectivity index (χ4v) is 0.938. The summed E-state index contributed by atoms with van der Waals surface area (Å²) in [6.07, 6.45) is 1.17. The zero-order chi connectivity index (χ0) is 8.85. The minimum Gasteiger partial charge on any atom is -0.362 e. The monoisotopic (exact) mass is 156 g/mol. The van der Waals surface area contributed by atoms with Crippen LogP contribution in [0, 0.1) is 0 Å². The van der Waals surface area contributed by atoms with E-state index in [1.807, 2.05) is 0 Å². The lowest BCUT2D eigenvalue weighted by Gasteiger charge is -2.28. The molecule has 0 aliphatic carbocycles. The van der Waals surface area contributed by atoms with Gasteiger partial charge in [-0.05, 0) is 13.3 Å². The molecule has 66 valence electrons. The molecular weight excluding hydrogens is 136 g/mol. The van der Waals surface area contributed by atoms with Gasteiger partial charge in [0.15, 0.2) is 0 Å². The summed E-state index contributed by atoms with van der Waals surface area (Å²) in [6, 6.07) is 0. The van der Waals surface area contributed by atoms with Crippen molar-refractivity contribution in [2.75, 3.05) is 27.2 Å². The highest BCUT2D eigenvalue weighted by Crippen LogP contribution is 2.03. The van der Waals surface area contributed by atoms with Crippen LogP contribution in [-0.2, 0) is 0 Å². The lowest BCUT2D eigenvalue weighted by molar-refractivity contribution is 0.278. The van der Waals surface area contributed by atoms with Crippen LogP contribution in [-0.4, -0.2) is 37.0 Å². The molecule has 0 N–H and O–H groups in total. The van der Waals surface area contributed by atoms with Crippen LogP contribution < -0.4 is 0 Å². The molecule has 0 amide bonds. The summed E-state index contributed by atoms with van der Waals surface area (Å²) in [7, 11) is 4.15. The Morgan fingerprint density at radius 1 is 1.18 bits per heavy atom. The Labute approximate surface area is 70.5 Å². The third-order valence-corrected chi connectivity index (χ3v) is 1.91. The van der Waals surface area contributed by atoms with E-state index in [2.05, 4.69) is 44.3 Å². The van der Waals surface area contributed by atoms with Crippen molar-refractivity contribution in [1.82, 2.24) is 9.80 Å². The summed E-state index contributed by atoms with van der Waals surface area (Å²) in [5, 5.41) is 0. The maximum Gasteiger partial charge on any atom is 0.0959 e. The first-order valence-electron chi connectivity index (χ1n) is 4.24. The lowest BCUT2D eigenvalue weighted by atomic mass is 10.4. The molecule has 0 aliphatic heterocycles. The first-order valence-corrected chi connectivity index (χ1v) is 4.24. The van der Waals surface area contributed by atoms with Gasteiger partial charge in [-0.1, -0.05) is 13.5 Å². The van der Waals surface area contributed by atoms with Crippen LogP contribution >= 0.6 is 0 Å². The van der Waals surface area contributed by atoms with Crippen LogP contribution in [0.4, 0.5) is 0 Å². The minimum absolute atomic E-state index is 1.02. The van der Waals surface area contributed by atoms with Gasteiger partial charge in [0.05, 0.1) is 5.82 Å². The summed E-state index contributed by atoms with van der Waals surface area (Å²) in [4.78, 5) is 4.33. The highest BCUT2D eigenvalue weighted by Gasteiger charge is 2.03. The van der Waals surface area contributed by atoms with Gasteiger partial charge < -0.3 is 9.80 Å². The second-order valence-corrected chi connectivity index (χ2v) is 2.85. The highest BCUT2D eigenvalue weighted by atomic mass is 15.3. The van der Waals surface area contributed by atoms with Crippen LogP contribution in [0.3, 0.4) is 0 Å². The van der Waals surface area contributed by atoms with Gasteiger partial charge >= 0.3 is 0 Å². The molecule has 0 saturated carbocycles. The Balaban J connectivity index is 3.81. The van der Waals surface area contributed by atoms with Crippen molar-refractivity contribution in [3.8, 4) is 0 Å². The highest BCUT2D eigenvalue weighted by molar-refractivity contribution is 4.89. The Bertz CT molecular complexity index is 121. The van der Waals surface area contributed by atoms with Crippen molar-refractivity contribution < 1.29 is 0 Å². The smallest absolute Gasteiger partial charge is 0.0959 e. The Morgan fingerprint density at radius 3 is 2.09 bits per heavy atom. The van der Waals surface area contributed by atoms with Gasteiger partial charge in [-0.15, -0.1) is 0 Å².